The van der Waals surface area contributed by atoms with Crippen LogP contribution < -0.4 is 5.32 Å². The van der Waals surface area contributed by atoms with Gasteiger partial charge >= 0.3 is 0 Å². The lowest BCUT2D eigenvalue weighted by atomic mass is 10.0. The minimum absolute atomic E-state index is 0.132. The van der Waals surface area contributed by atoms with Crippen LogP contribution in [0.15, 0.2) is 0 Å². The fraction of sp³-hybridized carbons (Fsp3) is 1.00. The SMILES string of the molecule is OCNCCC1CCCC1. The monoisotopic (exact) mass is 143 g/mol. The van der Waals surface area contributed by atoms with Crippen LogP contribution in [0.3, 0.4) is 0 Å². The fourth-order valence-corrected chi connectivity index (χ4v) is 1.68. The van der Waals surface area contributed by atoms with Gasteiger partial charge in [-0.1, -0.05) is 25.7 Å². The third kappa shape index (κ3) is 2.67. The maximum atomic E-state index is 8.43. The van der Waals surface area contributed by atoms with E-state index in [0.29, 0.717) is 0 Å². The summed E-state index contributed by atoms with van der Waals surface area (Å²) in [6.45, 7) is 1.12. The van der Waals surface area contributed by atoms with E-state index in [9.17, 15) is 0 Å². The zero-order chi connectivity index (χ0) is 7.23. The van der Waals surface area contributed by atoms with Crippen LogP contribution in [0, 0.1) is 5.92 Å². The first-order valence-corrected chi connectivity index (χ1v) is 4.25. The van der Waals surface area contributed by atoms with Crippen molar-refractivity contribution in [3.05, 3.63) is 0 Å². The topological polar surface area (TPSA) is 32.3 Å². The molecule has 0 amide bonds. The summed E-state index contributed by atoms with van der Waals surface area (Å²) in [6, 6.07) is 0. The predicted molar refractivity (Wildman–Crippen MR) is 41.7 cm³/mol. The molecule has 2 heteroatoms. The average Bonchev–Trinajstić information content (AvgIpc) is 2.41. The highest BCUT2D eigenvalue weighted by Gasteiger charge is 2.13. The summed E-state index contributed by atoms with van der Waals surface area (Å²) in [4.78, 5) is 0. The summed E-state index contributed by atoms with van der Waals surface area (Å²) in [5.74, 6) is 0.944. The summed E-state index contributed by atoms with van der Waals surface area (Å²) in [5.41, 5.74) is 0. The van der Waals surface area contributed by atoms with Crippen LogP contribution in [0.5, 0.6) is 0 Å². The lowest BCUT2D eigenvalue weighted by molar-refractivity contribution is 0.256. The van der Waals surface area contributed by atoms with Gasteiger partial charge in [-0.25, -0.2) is 0 Å². The first kappa shape index (κ1) is 8.02. The second kappa shape index (κ2) is 4.69. The summed E-state index contributed by atoms with van der Waals surface area (Å²) in [6.07, 6.45) is 6.91. The van der Waals surface area contributed by atoms with Crippen LogP contribution in [0.4, 0.5) is 0 Å². The molecular weight excluding hydrogens is 126 g/mol. The maximum Gasteiger partial charge on any atom is 0.0931 e. The van der Waals surface area contributed by atoms with Gasteiger partial charge in [-0.2, -0.15) is 0 Å². The Hall–Kier alpha value is -0.0800. The van der Waals surface area contributed by atoms with Crippen molar-refractivity contribution in [3.8, 4) is 0 Å². The molecule has 1 aliphatic rings. The molecule has 0 heterocycles. The van der Waals surface area contributed by atoms with Crippen molar-refractivity contribution in [2.75, 3.05) is 13.3 Å². The van der Waals surface area contributed by atoms with Crippen molar-refractivity contribution in [1.82, 2.24) is 5.32 Å². The van der Waals surface area contributed by atoms with Crippen molar-refractivity contribution < 1.29 is 5.11 Å². The van der Waals surface area contributed by atoms with Crippen LogP contribution in [0.25, 0.3) is 0 Å². The van der Waals surface area contributed by atoms with Crippen molar-refractivity contribution in [2.45, 2.75) is 32.1 Å². The molecule has 0 aliphatic heterocycles. The highest BCUT2D eigenvalue weighted by atomic mass is 16.3. The number of aliphatic hydroxyl groups is 1. The fourth-order valence-electron chi connectivity index (χ4n) is 1.68. The van der Waals surface area contributed by atoms with Gasteiger partial charge in [0.1, 0.15) is 0 Å². The van der Waals surface area contributed by atoms with Gasteiger partial charge in [0.05, 0.1) is 6.73 Å². The number of aliphatic hydroxyl groups excluding tert-OH is 1. The summed E-state index contributed by atoms with van der Waals surface area (Å²) < 4.78 is 0. The zero-order valence-electron chi connectivity index (χ0n) is 6.47. The summed E-state index contributed by atoms with van der Waals surface area (Å²) >= 11 is 0. The smallest absolute Gasteiger partial charge is 0.0931 e. The Kier molecular flexibility index (Phi) is 3.76. The molecule has 0 saturated heterocycles. The Morgan fingerprint density at radius 1 is 1.30 bits per heavy atom. The standard InChI is InChI=1S/C8H17NO/c10-7-9-6-5-8-3-1-2-4-8/h8-10H,1-7H2. The van der Waals surface area contributed by atoms with E-state index in [2.05, 4.69) is 5.32 Å². The molecule has 1 aliphatic carbocycles. The molecule has 0 atom stereocenters. The molecule has 10 heavy (non-hydrogen) atoms. The molecule has 0 radical (unpaired) electrons. The quantitative estimate of drug-likeness (QED) is 0.456. The highest BCUT2D eigenvalue weighted by Crippen LogP contribution is 2.26. The van der Waals surface area contributed by atoms with Crippen LogP contribution in [0.2, 0.25) is 0 Å². The molecule has 0 aromatic carbocycles. The molecule has 1 saturated carbocycles. The maximum absolute atomic E-state index is 8.43. The average molecular weight is 143 g/mol. The molecule has 0 unspecified atom stereocenters. The molecule has 0 aromatic heterocycles. The number of nitrogens with one attached hydrogen (secondary N) is 1. The molecule has 0 bridgehead atoms. The van der Waals surface area contributed by atoms with E-state index in [1.54, 1.807) is 0 Å². The van der Waals surface area contributed by atoms with Gasteiger partial charge in [-0.15, -0.1) is 0 Å². The molecule has 2 nitrogen and oxygen atoms in total. The van der Waals surface area contributed by atoms with Crippen LogP contribution in [-0.2, 0) is 0 Å². The van der Waals surface area contributed by atoms with Gasteiger partial charge in [0.25, 0.3) is 0 Å². The highest BCUT2D eigenvalue weighted by molar-refractivity contribution is 4.67. The molecule has 1 rings (SSSR count). The van der Waals surface area contributed by atoms with Crippen LogP contribution in [0.1, 0.15) is 32.1 Å². The normalized spacial score (nSPS) is 20.1. The molecule has 2 N–H and O–H groups in total. The summed E-state index contributed by atoms with van der Waals surface area (Å²) in [7, 11) is 0. The van der Waals surface area contributed by atoms with Gasteiger partial charge in [-0.05, 0) is 18.9 Å². The molecule has 0 spiro atoms. The Morgan fingerprint density at radius 3 is 2.60 bits per heavy atom. The second-order valence-electron chi connectivity index (χ2n) is 3.10. The molecule has 1 fully saturated rings. The lowest BCUT2D eigenvalue weighted by Gasteiger charge is -2.07. The van der Waals surface area contributed by atoms with E-state index in [1.807, 2.05) is 0 Å². The van der Waals surface area contributed by atoms with Gasteiger partial charge in [-0.3, -0.25) is 5.32 Å². The minimum atomic E-state index is 0.132. The van der Waals surface area contributed by atoms with E-state index in [0.717, 1.165) is 12.5 Å². The molecule has 60 valence electrons. The van der Waals surface area contributed by atoms with E-state index in [4.69, 9.17) is 5.11 Å². The predicted octanol–water partition coefficient (Wildman–Crippen LogP) is 1.11. The van der Waals surface area contributed by atoms with Crippen molar-refractivity contribution in [1.29, 1.82) is 0 Å². The third-order valence-electron chi connectivity index (χ3n) is 2.32. The first-order chi connectivity index (χ1) is 4.93. The number of hydrogen-bond acceptors (Lipinski definition) is 2. The van der Waals surface area contributed by atoms with E-state index >= 15 is 0 Å². The van der Waals surface area contributed by atoms with Crippen LogP contribution >= 0.6 is 0 Å². The second-order valence-corrected chi connectivity index (χ2v) is 3.10. The van der Waals surface area contributed by atoms with Crippen LogP contribution in [-0.4, -0.2) is 18.4 Å². The molecular formula is C8H17NO. The Balaban J connectivity index is 1.91. The summed E-state index contributed by atoms with van der Waals surface area (Å²) in [5, 5.41) is 11.4. The van der Waals surface area contributed by atoms with Crippen molar-refractivity contribution in [3.63, 3.8) is 0 Å². The Labute approximate surface area is 62.6 Å². The largest absolute Gasteiger partial charge is 0.381 e. The third-order valence-corrected chi connectivity index (χ3v) is 2.32. The van der Waals surface area contributed by atoms with Gasteiger partial charge in [0.15, 0.2) is 0 Å². The van der Waals surface area contributed by atoms with Gasteiger partial charge in [0.2, 0.25) is 0 Å². The zero-order valence-corrected chi connectivity index (χ0v) is 6.47. The van der Waals surface area contributed by atoms with E-state index < -0.39 is 0 Å². The van der Waals surface area contributed by atoms with Crippen molar-refractivity contribution in [2.24, 2.45) is 5.92 Å². The van der Waals surface area contributed by atoms with Gasteiger partial charge < -0.3 is 5.11 Å². The lowest BCUT2D eigenvalue weighted by Crippen LogP contribution is -2.17. The van der Waals surface area contributed by atoms with E-state index in [1.165, 1.54) is 32.1 Å². The number of rotatable bonds is 4. The number of hydrogen-bond donors (Lipinski definition) is 2. The van der Waals surface area contributed by atoms with Crippen molar-refractivity contribution >= 4 is 0 Å². The minimum Gasteiger partial charge on any atom is -0.381 e. The Bertz CT molecular complexity index is 79.3. The molecule has 0 aromatic rings. The Morgan fingerprint density at radius 2 is 2.00 bits per heavy atom. The first-order valence-electron chi connectivity index (χ1n) is 4.25. The van der Waals surface area contributed by atoms with Gasteiger partial charge in [0, 0.05) is 0 Å². The van der Waals surface area contributed by atoms with E-state index in [-0.39, 0.29) is 6.73 Å².